The van der Waals surface area contributed by atoms with Crippen molar-refractivity contribution in [2.45, 2.75) is 32.6 Å². The molecular formula is C11H17NO. The number of carbonyl (C=O) groups is 1. The molecule has 0 aromatic carbocycles. The van der Waals surface area contributed by atoms with Crippen molar-refractivity contribution in [1.29, 1.82) is 0 Å². The maximum absolute atomic E-state index is 11.1. The summed E-state index contributed by atoms with van der Waals surface area (Å²) in [6.45, 7) is 4.40. The van der Waals surface area contributed by atoms with Crippen LogP contribution in [0.1, 0.15) is 32.6 Å². The van der Waals surface area contributed by atoms with E-state index in [-0.39, 0.29) is 0 Å². The molecule has 72 valence electrons. The summed E-state index contributed by atoms with van der Waals surface area (Å²) in [5.41, 5.74) is 1.28. The summed E-state index contributed by atoms with van der Waals surface area (Å²) in [4.78, 5) is 13.4. The molecule has 0 radical (unpaired) electrons. The third-order valence-corrected chi connectivity index (χ3v) is 2.92. The van der Waals surface area contributed by atoms with E-state index in [4.69, 9.17) is 0 Å². The first-order chi connectivity index (χ1) is 6.29. The first-order valence-electron chi connectivity index (χ1n) is 5.28. The Bertz CT molecular complexity index is 240. The van der Waals surface area contributed by atoms with Crippen molar-refractivity contribution in [3.63, 3.8) is 0 Å². The van der Waals surface area contributed by atoms with Gasteiger partial charge in [-0.2, -0.15) is 0 Å². The molecule has 0 aromatic heterocycles. The smallest absolute Gasteiger partial charge is 0.157 e. The van der Waals surface area contributed by atoms with Crippen LogP contribution in [0.25, 0.3) is 0 Å². The first-order valence-corrected chi connectivity index (χ1v) is 5.28. The highest BCUT2D eigenvalue weighted by molar-refractivity contribution is 5.92. The van der Waals surface area contributed by atoms with Crippen LogP contribution in [0.4, 0.5) is 0 Å². The van der Waals surface area contributed by atoms with E-state index in [1.54, 1.807) is 0 Å². The van der Waals surface area contributed by atoms with Gasteiger partial charge in [0.05, 0.1) is 0 Å². The molecule has 2 heteroatoms. The van der Waals surface area contributed by atoms with Gasteiger partial charge in [-0.25, -0.2) is 0 Å². The normalized spacial score (nSPS) is 21.9. The Kier molecular flexibility index (Phi) is 2.38. The van der Waals surface area contributed by atoms with Crippen LogP contribution in [-0.4, -0.2) is 23.8 Å². The van der Waals surface area contributed by atoms with E-state index in [0.717, 1.165) is 25.3 Å². The van der Waals surface area contributed by atoms with Crippen molar-refractivity contribution in [3.05, 3.63) is 11.8 Å². The van der Waals surface area contributed by atoms with Crippen LogP contribution >= 0.6 is 0 Å². The van der Waals surface area contributed by atoms with Crippen molar-refractivity contribution >= 4 is 5.78 Å². The summed E-state index contributed by atoms with van der Waals surface area (Å²) in [6.07, 6.45) is 6.32. The third-order valence-electron chi connectivity index (χ3n) is 2.92. The number of rotatable bonds is 4. The molecule has 0 heterocycles. The van der Waals surface area contributed by atoms with Gasteiger partial charge in [0.2, 0.25) is 0 Å². The Morgan fingerprint density at radius 1 is 1.46 bits per heavy atom. The van der Waals surface area contributed by atoms with E-state index in [2.05, 4.69) is 11.8 Å². The molecule has 2 aliphatic rings. The van der Waals surface area contributed by atoms with Gasteiger partial charge >= 0.3 is 0 Å². The second-order valence-electron chi connectivity index (χ2n) is 4.08. The molecule has 2 aliphatic carbocycles. The fraction of sp³-hybridized carbons (Fsp3) is 0.727. The van der Waals surface area contributed by atoms with Crippen LogP contribution < -0.4 is 0 Å². The molecule has 13 heavy (non-hydrogen) atoms. The lowest BCUT2D eigenvalue weighted by molar-refractivity contribution is -0.114. The first kappa shape index (κ1) is 8.79. The molecule has 0 bridgehead atoms. The molecule has 0 atom stereocenters. The van der Waals surface area contributed by atoms with Gasteiger partial charge in [0.25, 0.3) is 0 Å². The van der Waals surface area contributed by atoms with Crippen molar-refractivity contribution in [3.8, 4) is 0 Å². The lowest BCUT2D eigenvalue weighted by atomic mass is 10.3. The van der Waals surface area contributed by atoms with Crippen LogP contribution in [0, 0.1) is 5.92 Å². The Morgan fingerprint density at radius 3 is 2.69 bits per heavy atom. The maximum atomic E-state index is 11.1. The topological polar surface area (TPSA) is 20.3 Å². The van der Waals surface area contributed by atoms with Gasteiger partial charge in [-0.3, -0.25) is 4.79 Å². The molecule has 2 rings (SSSR count). The molecule has 0 aliphatic heterocycles. The molecule has 0 unspecified atom stereocenters. The van der Waals surface area contributed by atoms with Gasteiger partial charge in [-0.1, -0.05) is 0 Å². The highest BCUT2D eigenvalue weighted by atomic mass is 16.1. The summed E-state index contributed by atoms with van der Waals surface area (Å²) in [5.74, 6) is 1.22. The maximum Gasteiger partial charge on any atom is 0.157 e. The highest BCUT2D eigenvalue weighted by Gasteiger charge is 2.26. The molecule has 0 amide bonds. The minimum atomic E-state index is 0.309. The second-order valence-corrected chi connectivity index (χ2v) is 4.08. The predicted octanol–water partition coefficient (Wildman–Crippen LogP) is 1.97. The van der Waals surface area contributed by atoms with E-state index in [9.17, 15) is 4.79 Å². The second kappa shape index (κ2) is 3.52. The molecule has 1 saturated carbocycles. The van der Waals surface area contributed by atoms with Crippen LogP contribution in [0.2, 0.25) is 0 Å². The average molecular weight is 179 g/mol. The molecule has 0 spiro atoms. The van der Waals surface area contributed by atoms with E-state index >= 15 is 0 Å². The Labute approximate surface area is 79.6 Å². The minimum Gasteiger partial charge on any atom is -0.375 e. The minimum absolute atomic E-state index is 0.309. The molecule has 1 fully saturated rings. The van der Waals surface area contributed by atoms with Gasteiger partial charge in [0.15, 0.2) is 5.78 Å². The van der Waals surface area contributed by atoms with Crippen molar-refractivity contribution in [1.82, 2.24) is 4.90 Å². The van der Waals surface area contributed by atoms with E-state index in [1.165, 1.54) is 25.1 Å². The number of hydrogen-bond donors (Lipinski definition) is 0. The summed E-state index contributed by atoms with van der Waals surface area (Å²) in [7, 11) is 0. The average Bonchev–Trinajstić information content (AvgIpc) is 2.84. The lowest BCUT2D eigenvalue weighted by Crippen LogP contribution is -2.24. The summed E-state index contributed by atoms with van der Waals surface area (Å²) in [6, 6.07) is 0. The van der Waals surface area contributed by atoms with Gasteiger partial charge in [0, 0.05) is 31.3 Å². The zero-order chi connectivity index (χ0) is 9.26. The fourth-order valence-corrected chi connectivity index (χ4v) is 1.89. The number of allylic oxidation sites excluding steroid dienone is 2. The van der Waals surface area contributed by atoms with E-state index in [0.29, 0.717) is 5.78 Å². The molecular weight excluding hydrogens is 162 g/mol. The Hall–Kier alpha value is -0.790. The van der Waals surface area contributed by atoms with Gasteiger partial charge < -0.3 is 4.90 Å². The van der Waals surface area contributed by atoms with Crippen molar-refractivity contribution in [2.24, 2.45) is 5.92 Å². The van der Waals surface area contributed by atoms with Gasteiger partial charge in [0.1, 0.15) is 0 Å². The summed E-state index contributed by atoms with van der Waals surface area (Å²) >= 11 is 0. The highest BCUT2D eigenvalue weighted by Crippen LogP contribution is 2.32. The lowest BCUT2D eigenvalue weighted by Gasteiger charge is -2.23. The van der Waals surface area contributed by atoms with Crippen LogP contribution in [0.15, 0.2) is 11.8 Å². The zero-order valence-electron chi connectivity index (χ0n) is 8.25. The number of hydrogen-bond acceptors (Lipinski definition) is 2. The van der Waals surface area contributed by atoms with Crippen LogP contribution in [0.5, 0.6) is 0 Å². The SMILES string of the molecule is CCN(CC1CC1)C1=CC(=O)CC1. The van der Waals surface area contributed by atoms with Crippen molar-refractivity contribution < 1.29 is 4.79 Å². The van der Waals surface area contributed by atoms with Crippen LogP contribution in [-0.2, 0) is 4.79 Å². The molecule has 0 N–H and O–H groups in total. The number of nitrogens with zero attached hydrogens (tertiary/aromatic N) is 1. The number of carbonyl (C=O) groups excluding carboxylic acids is 1. The van der Waals surface area contributed by atoms with Gasteiger partial charge in [-0.15, -0.1) is 0 Å². The fourth-order valence-electron chi connectivity index (χ4n) is 1.89. The standard InChI is InChI=1S/C11H17NO/c1-2-12(8-9-3-4-9)10-5-6-11(13)7-10/h7,9H,2-6,8H2,1H3. The Balaban J connectivity index is 1.94. The predicted molar refractivity (Wildman–Crippen MR) is 52.3 cm³/mol. The quantitative estimate of drug-likeness (QED) is 0.657. The molecule has 0 aromatic rings. The van der Waals surface area contributed by atoms with Crippen LogP contribution in [0.3, 0.4) is 0 Å². The largest absolute Gasteiger partial charge is 0.375 e. The number of ketones is 1. The van der Waals surface area contributed by atoms with E-state index in [1.807, 2.05) is 6.08 Å². The third kappa shape index (κ3) is 2.11. The monoisotopic (exact) mass is 179 g/mol. The Morgan fingerprint density at radius 2 is 2.23 bits per heavy atom. The van der Waals surface area contributed by atoms with Gasteiger partial charge in [-0.05, 0) is 32.1 Å². The summed E-state index contributed by atoms with van der Waals surface area (Å²) in [5, 5.41) is 0. The zero-order valence-corrected chi connectivity index (χ0v) is 8.25. The summed E-state index contributed by atoms with van der Waals surface area (Å²) < 4.78 is 0. The van der Waals surface area contributed by atoms with E-state index < -0.39 is 0 Å². The van der Waals surface area contributed by atoms with Crippen molar-refractivity contribution in [2.75, 3.05) is 13.1 Å². The molecule has 0 saturated heterocycles. The molecule has 2 nitrogen and oxygen atoms in total.